The van der Waals surface area contributed by atoms with Crippen molar-refractivity contribution in [3.63, 3.8) is 0 Å². The van der Waals surface area contributed by atoms with E-state index >= 15 is 0 Å². The molecule has 19 heavy (non-hydrogen) atoms. The number of Topliss-reactive ketones (excluding diaryl/α,β-unsaturated/α-hetero) is 1. The van der Waals surface area contributed by atoms with E-state index in [4.69, 9.17) is 4.74 Å². The van der Waals surface area contributed by atoms with Crippen molar-refractivity contribution in [1.82, 2.24) is 0 Å². The molecule has 0 amide bonds. The Morgan fingerprint density at radius 3 is 2.37 bits per heavy atom. The first-order valence-electron chi connectivity index (χ1n) is 7.57. The highest BCUT2D eigenvalue weighted by molar-refractivity contribution is 5.86. The molecule has 1 saturated carbocycles. The monoisotopic (exact) mass is 268 g/mol. The minimum Gasteiger partial charge on any atom is -0.465 e. The molecule has 0 bridgehead atoms. The van der Waals surface area contributed by atoms with Crippen LogP contribution in [0, 0.1) is 17.3 Å². The van der Waals surface area contributed by atoms with Crippen LogP contribution in [0.25, 0.3) is 0 Å². The lowest BCUT2D eigenvalue weighted by atomic mass is 9.73. The largest absolute Gasteiger partial charge is 0.465 e. The van der Waals surface area contributed by atoms with Gasteiger partial charge in [0.25, 0.3) is 0 Å². The van der Waals surface area contributed by atoms with Crippen molar-refractivity contribution in [1.29, 1.82) is 0 Å². The third-order valence-electron chi connectivity index (χ3n) is 3.86. The number of esters is 1. The SMILES string of the molecule is CCCCOC(=O)C1CCCC(C(=O)C(C)(C)C)C1. The zero-order valence-corrected chi connectivity index (χ0v) is 12.8. The summed E-state index contributed by atoms with van der Waals surface area (Å²) in [7, 11) is 0. The molecular weight excluding hydrogens is 240 g/mol. The molecule has 2 atom stereocenters. The second-order valence-corrected chi connectivity index (χ2v) is 6.70. The lowest BCUT2D eigenvalue weighted by Gasteiger charge is -2.31. The standard InChI is InChI=1S/C16H28O3/c1-5-6-10-19-15(18)13-9-7-8-12(11-13)14(17)16(2,3)4/h12-13H,5-11H2,1-4H3. The third kappa shape index (κ3) is 4.96. The first-order chi connectivity index (χ1) is 8.86. The van der Waals surface area contributed by atoms with E-state index in [2.05, 4.69) is 6.92 Å². The van der Waals surface area contributed by atoms with Crippen molar-refractivity contribution in [3.8, 4) is 0 Å². The van der Waals surface area contributed by atoms with Crippen LogP contribution in [0.2, 0.25) is 0 Å². The molecule has 1 aliphatic carbocycles. The first-order valence-corrected chi connectivity index (χ1v) is 7.57. The van der Waals surface area contributed by atoms with Gasteiger partial charge in [-0.3, -0.25) is 9.59 Å². The predicted molar refractivity (Wildman–Crippen MR) is 75.8 cm³/mol. The second kappa shape index (κ2) is 7.06. The fraction of sp³-hybridized carbons (Fsp3) is 0.875. The molecular formula is C16H28O3. The smallest absolute Gasteiger partial charge is 0.308 e. The van der Waals surface area contributed by atoms with Crippen LogP contribution in [0.5, 0.6) is 0 Å². The molecule has 1 fully saturated rings. The second-order valence-electron chi connectivity index (χ2n) is 6.70. The number of ether oxygens (including phenoxy) is 1. The van der Waals surface area contributed by atoms with Crippen molar-refractivity contribution in [2.45, 2.75) is 66.2 Å². The van der Waals surface area contributed by atoms with Gasteiger partial charge in [0.2, 0.25) is 0 Å². The fourth-order valence-electron chi connectivity index (χ4n) is 2.69. The highest BCUT2D eigenvalue weighted by Crippen LogP contribution is 2.34. The molecule has 0 aromatic rings. The lowest BCUT2D eigenvalue weighted by Crippen LogP contribution is -2.34. The third-order valence-corrected chi connectivity index (χ3v) is 3.86. The van der Waals surface area contributed by atoms with E-state index in [1.807, 2.05) is 20.8 Å². The number of carbonyl (C=O) groups is 2. The van der Waals surface area contributed by atoms with E-state index in [1.54, 1.807) is 0 Å². The van der Waals surface area contributed by atoms with Gasteiger partial charge in [0.1, 0.15) is 5.78 Å². The quantitative estimate of drug-likeness (QED) is 0.563. The normalized spacial score (nSPS) is 24.0. The van der Waals surface area contributed by atoms with Gasteiger partial charge in [-0.25, -0.2) is 0 Å². The number of ketones is 1. The summed E-state index contributed by atoms with van der Waals surface area (Å²) in [4.78, 5) is 24.3. The van der Waals surface area contributed by atoms with Crippen molar-refractivity contribution >= 4 is 11.8 Å². The summed E-state index contributed by atoms with van der Waals surface area (Å²) < 4.78 is 5.29. The van der Waals surface area contributed by atoms with Crippen LogP contribution >= 0.6 is 0 Å². The van der Waals surface area contributed by atoms with Crippen LogP contribution in [-0.4, -0.2) is 18.4 Å². The van der Waals surface area contributed by atoms with Gasteiger partial charge in [-0.1, -0.05) is 40.5 Å². The van der Waals surface area contributed by atoms with Gasteiger partial charge >= 0.3 is 5.97 Å². The predicted octanol–water partition coefficient (Wildman–Crippen LogP) is 3.75. The van der Waals surface area contributed by atoms with E-state index in [-0.39, 0.29) is 23.2 Å². The molecule has 0 saturated heterocycles. The Morgan fingerprint density at radius 1 is 1.16 bits per heavy atom. The fourth-order valence-corrected chi connectivity index (χ4v) is 2.69. The molecule has 3 nitrogen and oxygen atoms in total. The zero-order valence-electron chi connectivity index (χ0n) is 12.8. The Labute approximate surface area is 117 Å². The minimum absolute atomic E-state index is 0.0393. The summed E-state index contributed by atoms with van der Waals surface area (Å²) in [6.07, 6.45) is 5.39. The van der Waals surface area contributed by atoms with Crippen LogP contribution < -0.4 is 0 Å². The number of hydrogen-bond donors (Lipinski definition) is 0. The summed E-state index contributed by atoms with van der Waals surface area (Å²) in [5.41, 5.74) is -0.307. The molecule has 0 aliphatic heterocycles. The van der Waals surface area contributed by atoms with Gasteiger partial charge in [-0.15, -0.1) is 0 Å². The average Bonchev–Trinajstić information content (AvgIpc) is 2.37. The molecule has 0 aromatic heterocycles. The van der Waals surface area contributed by atoms with Crippen molar-refractivity contribution in [2.24, 2.45) is 17.3 Å². The average molecular weight is 268 g/mol. The van der Waals surface area contributed by atoms with E-state index < -0.39 is 0 Å². The summed E-state index contributed by atoms with van der Waals surface area (Å²) in [6.45, 7) is 8.46. The van der Waals surface area contributed by atoms with Crippen LogP contribution in [-0.2, 0) is 14.3 Å². The molecule has 1 aliphatic rings. The van der Waals surface area contributed by atoms with E-state index in [9.17, 15) is 9.59 Å². The topological polar surface area (TPSA) is 43.4 Å². The molecule has 0 N–H and O–H groups in total. The molecule has 3 heteroatoms. The highest BCUT2D eigenvalue weighted by atomic mass is 16.5. The highest BCUT2D eigenvalue weighted by Gasteiger charge is 2.36. The Bertz CT molecular complexity index is 314. The minimum atomic E-state index is -0.307. The molecule has 1 rings (SSSR count). The number of unbranched alkanes of at least 4 members (excludes halogenated alkanes) is 1. The molecule has 0 spiro atoms. The van der Waals surface area contributed by atoms with E-state index in [0.717, 1.165) is 32.1 Å². The Hall–Kier alpha value is -0.860. The Kier molecular flexibility index (Phi) is 6.02. The van der Waals surface area contributed by atoms with E-state index in [0.29, 0.717) is 18.8 Å². The maximum absolute atomic E-state index is 12.3. The maximum Gasteiger partial charge on any atom is 0.308 e. The molecule has 0 heterocycles. The van der Waals surface area contributed by atoms with Crippen LogP contribution in [0.15, 0.2) is 0 Å². The number of hydrogen-bond acceptors (Lipinski definition) is 3. The first kappa shape index (κ1) is 16.2. The maximum atomic E-state index is 12.3. The van der Waals surface area contributed by atoms with Gasteiger partial charge in [0.05, 0.1) is 12.5 Å². The summed E-state index contributed by atoms with van der Waals surface area (Å²) in [6, 6.07) is 0. The molecule has 0 radical (unpaired) electrons. The van der Waals surface area contributed by atoms with Crippen molar-refractivity contribution < 1.29 is 14.3 Å². The van der Waals surface area contributed by atoms with Crippen LogP contribution in [0.4, 0.5) is 0 Å². The summed E-state index contributed by atoms with van der Waals surface area (Å²) in [5.74, 6) is 0.165. The van der Waals surface area contributed by atoms with Crippen LogP contribution in [0.1, 0.15) is 66.2 Å². The van der Waals surface area contributed by atoms with Gasteiger partial charge in [-0.2, -0.15) is 0 Å². The molecule has 2 unspecified atom stereocenters. The van der Waals surface area contributed by atoms with Crippen molar-refractivity contribution in [3.05, 3.63) is 0 Å². The Balaban J connectivity index is 2.50. The lowest BCUT2D eigenvalue weighted by molar-refractivity contribution is -0.151. The summed E-state index contributed by atoms with van der Waals surface area (Å²) >= 11 is 0. The molecule has 0 aromatic carbocycles. The summed E-state index contributed by atoms with van der Waals surface area (Å²) in [5, 5.41) is 0. The van der Waals surface area contributed by atoms with Gasteiger partial charge in [0.15, 0.2) is 0 Å². The van der Waals surface area contributed by atoms with E-state index in [1.165, 1.54) is 0 Å². The van der Waals surface area contributed by atoms with Crippen molar-refractivity contribution in [2.75, 3.05) is 6.61 Å². The van der Waals surface area contributed by atoms with Gasteiger partial charge in [-0.05, 0) is 25.7 Å². The van der Waals surface area contributed by atoms with Crippen LogP contribution in [0.3, 0.4) is 0 Å². The number of rotatable bonds is 5. The Morgan fingerprint density at radius 2 is 1.79 bits per heavy atom. The number of carbonyl (C=O) groups excluding carboxylic acids is 2. The van der Waals surface area contributed by atoms with Gasteiger partial charge < -0.3 is 4.74 Å². The van der Waals surface area contributed by atoms with Gasteiger partial charge in [0, 0.05) is 11.3 Å². The molecule has 110 valence electrons. The zero-order chi connectivity index (χ0) is 14.5.